The lowest BCUT2D eigenvalue weighted by Gasteiger charge is -2.08. The van der Waals surface area contributed by atoms with Crippen molar-refractivity contribution >= 4 is 38.4 Å². The molecule has 0 spiro atoms. The lowest BCUT2D eigenvalue weighted by Crippen LogP contribution is -2.26. The van der Waals surface area contributed by atoms with Gasteiger partial charge in [0.15, 0.2) is 15.0 Å². The van der Waals surface area contributed by atoms with Gasteiger partial charge in [0.05, 0.1) is 24.0 Å². The third kappa shape index (κ3) is 5.23. The quantitative estimate of drug-likeness (QED) is 0.691. The maximum atomic E-state index is 11.9. The molecule has 0 unspecified atom stereocenters. The zero-order valence-corrected chi connectivity index (χ0v) is 16.5. The number of sulfone groups is 1. The normalized spacial score (nSPS) is 23.3. The predicted octanol–water partition coefficient (Wildman–Crippen LogP) is 2.22. The molecule has 3 rings (SSSR count). The highest BCUT2D eigenvalue weighted by Crippen LogP contribution is 2.34. The van der Waals surface area contributed by atoms with E-state index >= 15 is 0 Å². The molecule has 0 aromatic heterocycles. The monoisotopic (exact) mass is 395 g/mol. The van der Waals surface area contributed by atoms with E-state index in [9.17, 15) is 13.2 Å². The molecular formula is C18H25N3O3S2. The van der Waals surface area contributed by atoms with Gasteiger partial charge >= 0.3 is 0 Å². The number of unbranched alkanes of at least 4 members (excludes halogenated alkanes) is 2. The number of nitrogens with one attached hydrogen (secondary N) is 2. The largest absolute Gasteiger partial charge is 0.356 e. The number of fused-ring (bicyclic) bond motifs is 1. The van der Waals surface area contributed by atoms with E-state index in [1.54, 1.807) is 0 Å². The molecule has 0 bridgehead atoms. The second kappa shape index (κ2) is 8.43. The van der Waals surface area contributed by atoms with Crippen LogP contribution in [0.4, 0.5) is 5.69 Å². The molecule has 1 aromatic carbocycles. The molecule has 2 aliphatic heterocycles. The average Bonchev–Trinajstić information content (AvgIpc) is 3.06. The molecule has 26 heavy (non-hydrogen) atoms. The molecule has 1 aromatic rings. The van der Waals surface area contributed by atoms with Gasteiger partial charge in [-0.1, -0.05) is 43.7 Å². The van der Waals surface area contributed by atoms with Crippen LogP contribution in [0.2, 0.25) is 0 Å². The minimum atomic E-state index is -2.92. The first-order chi connectivity index (χ1) is 12.4. The Morgan fingerprint density at radius 1 is 1.23 bits per heavy atom. The van der Waals surface area contributed by atoms with Crippen molar-refractivity contribution < 1.29 is 13.2 Å². The second-order valence-electron chi connectivity index (χ2n) is 6.79. The number of carbonyl (C=O) groups excluding carboxylic acids is 1. The van der Waals surface area contributed by atoms with Crippen LogP contribution in [0.25, 0.3) is 0 Å². The molecule has 2 atom stereocenters. The minimum absolute atomic E-state index is 0.0400. The van der Waals surface area contributed by atoms with E-state index in [1.165, 1.54) is 11.8 Å². The summed E-state index contributed by atoms with van der Waals surface area (Å²) in [6.45, 7) is 2.88. The summed E-state index contributed by atoms with van der Waals surface area (Å²) in [6, 6.07) is 7.59. The first-order valence-electron chi connectivity index (χ1n) is 9.03. The number of hydrogen-bond acceptors (Lipinski definition) is 6. The summed E-state index contributed by atoms with van der Waals surface area (Å²) in [5.74, 6) is 0.414. The molecule has 1 saturated heterocycles. The SMILES string of the molecule is CCCCCNC(=O)Cc1ccc(NC2=N[C@@H]3CS(=O)(=O)C[C@H]3S2)cc1. The number of hydrogen-bond donors (Lipinski definition) is 2. The van der Waals surface area contributed by atoms with E-state index in [0.29, 0.717) is 6.42 Å². The fourth-order valence-electron chi connectivity index (χ4n) is 3.10. The van der Waals surface area contributed by atoms with Gasteiger partial charge in [0, 0.05) is 17.5 Å². The first kappa shape index (κ1) is 19.2. The lowest BCUT2D eigenvalue weighted by molar-refractivity contribution is -0.120. The van der Waals surface area contributed by atoms with E-state index in [0.717, 1.165) is 42.2 Å². The van der Waals surface area contributed by atoms with Crippen LogP contribution < -0.4 is 10.6 Å². The number of nitrogens with zero attached hydrogens (tertiary/aromatic N) is 1. The van der Waals surface area contributed by atoms with Crippen LogP contribution in [-0.2, 0) is 21.1 Å². The Bertz CT molecular complexity index is 775. The van der Waals surface area contributed by atoms with Gasteiger partial charge in [0.1, 0.15) is 0 Å². The van der Waals surface area contributed by atoms with Crippen molar-refractivity contribution in [3.8, 4) is 0 Å². The van der Waals surface area contributed by atoms with Crippen LogP contribution in [0, 0.1) is 0 Å². The topological polar surface area (TPSA) is 87.6 Å². The predicted molar refractivity (Wildman–Crippen MR) is 108 cm³/mol. The number of rotatable bonds is 7. The Balaban J connectivity index is 1.47. The Labute approximate surface area is 159 Å². The van der Waals surface area contributed by atoms with E-state index in [-0.39, 0.29) is 28.7 Å². The summed E-state index contributed by atoms with van der Waals surface area (Å²) in [4.78, 5) is 16.4. The summed E-state index contributed by atoms with van der Waals surface area (Å²) in [6.07, 6.45) is 3.68. The highest BCUT2D eigenvalue weighted by molar-refractivity contribution is 8.15. The van der Waals surface area contributed by atoms with Crippen molar-refractivity contribution in [3.05, 3.63) is 29.8 Å². The number of carbonyl (C=O) groups is 1. The number of aliphatic imine (C=N–C) groups is 1. The molecule has 0 radical (unpaired) electrons. The number of amides is 1. The highest BCUT2D eigenvalue weighted by atomic mass is 32.2. The molecule has 2 heterocycles. The minimum Gasteiger partial charge on any atom is -0.356 e. The third-order valence-corrected chi connectivity index (χ3v) is 7.63. The van der Waals surface area contributed by atoms with Gasteiger partial charge < -0.3 is 10.6 Å². The zero-order valence-electron chi connectivity index (χ0n) is 14.9. The summed E-state index contributed by atoms with van der Waals surface area (Å²) in [7, 11) is -2.92. The Hall–Kier alpha value is -1.54. The second-order valence-corrected chi connectivity index (χ2v) is 10.2. The van der Waals surface area contributed by atoms with Crippen LogP contribution in [0.5, 0.6) is 0 Å². The van der Waals surface area contributed by atoms with Crippen molar-refractivity contribution in [1.29, 1.82) is 0 Å². The average molecular weight is 396 g/mol. The van der Waals surface area contributed by atoms with E-state index in [4.69, 9.17) is 0 Å². The maximum absolute atomic E-state index is 11.9. The molecule has 1 amide bonds. The Morgan fingerprint density at radius 2 is 2.00 bits per heavy atom. The van der Waals surface area contributed by atoms with Crippen LogP contribution in [-0.4, -0.2) is 48.8 Å². The van der Waals surface area contributed by atoms with Gasteiger partial charge in [-0.15, -0.1) is 0 Å². The summed E-state index contributed by atoms with van der Waals surface area (Å²) < 4.78 is 23.2. The maximum Gasteiger partial charge on any atom is 0.224 e. The van der Waals surface area contributed by atoms with Crippen molar-refractivity contribution in [2.75, 3.05) is 23.4 Å². The molecule has 0 saturated carbocycles. The van der Waals surface area contributed by atoms with Gasteiger partial charge in [-0.05, 0) is 24.1 Å². The van der Waals surface area contributed by atoms with Gasteiger partial charge in [-0.2, -0.15) is 0 Å². The molecule has 6 nitrogen and oxygen atoms in total. The molecule has 1 fully saturated rings. The number of benzene rings is 1. The van der Waals surface area contributed by atoms with Gasteiger partial charge in [0.2, 0.25) is 5.91 Å². The van der Waals surface area contributed by atoms with Crippen LogP contribution >= 0.6 is 11.8 Å². The molecule has 8 heteroatoms. The zero-order chi connectivity index (χ0) is 18.6. The van der Waals surface area contributed by atoms with E-state index in [1.807, 2.05) is 24.3 Å². The lowest BCUT2D eigenvalue weighted by atomic mass is 10.1. The van der Waals surface area contributed by atoms with Crippen molar-refractivity contribution in [2.45, 2.75) is 43.9 Å². The molecular weight excluding hydrogens is 370 g/mol. The Morgan fingerprint density at radius 3 is 2.69 bits per heavy atom. The molecule has 2 aliphatic rings. The molecule has 0 aliphatic carbocycles. The fourth-order valence-corrected chi connectivity index (χ4v) is 6.77. The molecule has 142 valence electrons. The number of anilines is 1. The highest BCUT2D eigenvalue weighted by Gasteiger charge is 2.42. The van der Waals surface area contributed by atoms with Gasteiger partial charge in [-0.3, -0.25) is 9.79 Å². The summed E-state index contributed by atoms with van der Waals surface area (Å²) in [5.41, 5.74) is 1.86. The van der Waals surface area contributed by atoms with E-state index in [2.05, 4.69) is 22.5 Å². The van der Waals surface area contributed by atoms with Gasteiger partial charge in [-0.25, -0.2) is 8.42 Å². The van der Waals surface area contributed by atoms with Crippen LogP contribution in [0.15, 0.2) is 29.3 Å². The smallest absolute Gasteiger partial charge is 0.224 e. The first-order valence-corrected chi connectivity index (χ1v) is 11.7. The number of amidine groups is 1. The van der Waals surface area contributed by atoms with Crippen LogP contribution in [0.3, 0.4) is 0 Å². The standard InChI is InChI=1S/C18H25N3O3S2/c1-2-3-4-9-19-17(22)10-13-5-7-14(8-6-13)20-18-21-15-11-26(23,24)12-16(15)25-18/h5-8,15-16H,2-4,9-12H2,1H3,(H,19,22)(H,20,21)/t15-,16-/m1/s1. The van der Waals surface area contributed by atoms with E-state index < -0.39 is 9.84 Å². The van der Waals surface area contributed by atoms with Crippen molar-refractivity contribution in [2.24, 2.45) is 4.99 Å². The summed E-state index contributed by atoms with van der Waals surface area (Å²) in [5, 5.41) is 7.00. The number of thioether (sulfide) groups is 1. The van der Waals surface area contributed by atoms with Crippen molar-refractivity contribution in [3.63, 3.8) is 0 Å². The third-order valence-electron chi connectivity index (χ3n) is 4.49. The Kier molecular flexibility index (Phi) is 6.24. The van der Waals surface area contributed by atoms with Crippen molar-refractivity contribution in [1.82, 2.24) is 5.32 Å². The van der Waals surface area contributed by atoms with Gasteiger partial charge in [0.25, 0.3) is 0 Å². The molecule has 2 N–H and O–H groups in total. The van der Waals surface area contributed by atoms with Crippen LogP contribution in [0.1, 0.15) is 31.7 Å². The fraction of sp³-hybridized carbons (Fsp3) is 0.556. The summed E-state index contributed by atoms with van der Waals surface area (Å²) >= 11 is 1.50.